The maximum absolute atomic E-state index is 11.1. The third-order valence-electron chi connectivity index (χ3n) is 2.76. The van der Waals surface area contributed by atoms with Crippen LogP contribution in [0.15, 0.2) is 36.7 Å². The molecule has 18 heavy (non-hydrogen) atoms. The summed E-state index contributed by atoms with van der Waals surface area (Å²) in [5.74, 6) is 0. The van der Waals surface area contributed by atoms with E-state index in [1.807, 2.05) is 42.0 Å². The first-order chi connectivity index (χ1) is 8.61. The van der Waals surface area contributed by atoms with Crippen LogP contribution in [0, 0.1) is 17.0 Å². The van der Waals surface area contributed by atoms with E-state index < -0.39 is 0 Å². The number of nitro groups is 1. The lowest BCUT2D eigenvalue weighted by atomic mass is 10.1. The van der Waals surface area contributed by atoms with Crippen molar-refractivity contribution in [1.29, 1.82) is 0 Å². The van der Waals surface area contributed by atoms with Gasteiger partial charge in [-0.05, 0) is 12.5 Å². The van der Waals surface area contributed by atoms with Gasteiger partial charge in [0.15, 0.2) is 0 Å². The summed E-state index contributed by atoms with van der Waals surface area (Å²) in [6.07, 6.45) is 3.40. The quantitative estimate of drug-likeness (QED) is 0.490. The van der Waals surface area contributed by atoms with Crippen LogP contribution in [0.5, 0.6) is 0 Å². The smallest absolute Gasteiger partial charge is 0.294 e. The molecule has 94 valence electrons. The van der Waals surface area contributed by atoms with E-state index in [9.17, 15) is 10.1 Å². The number of rotatable bonds is 4. The Morgan fingerprint density at radius 2 is 1.94 bits per heavy atom. The van der Waals surface area contributed by atoms with Gasteiger partial charge in [0.05, 0.1) is 16.7 Å². The number of benzene rings is 1. The van der Waals surface area contributed by atoms with E-state index in [1.165, 1.54) is 0 Å². The highest BCUT2D eigenvalue weighted by Gasteiger charge is 2.18. The van der Waals surface area contributed by atoms with Crippen LogP contribution in [0.1, 0.15) is 5.56 Å². The van der Waals surface area contributed by atoms with E-state index in [1.54, 1.807) is 6.20 Å². The average Bonchev–Trinajstić information content (AvgIpc) is 2.75. The number of hydrogen-bond acceptors (Lipinski definition) is 2. The third kappa shape index (κ3) is 2.61. The SMILES string of the molecule is Cc1ccc(-c2cn(CCBr)cc2[N+](=O)[O-])cc1. The van der Waals surface area contributed by atoms with E-state index in [0.29, 0.717) is 12.1 Å². The monoisotopic (exact) mass is 308 g/mol. The van der Waals surface area contributed by atoms with Crippen molar-refractivity contribution in [2.45, 2.75) is 13.5 Å². The molecule has 0 N–H and O–H groups in total. The van der Waals surface area contributed by atoms with Crippen LogP contribution in [0.25, 0.3) is 11.1 Å². The summed E-state index contributed by atoms with van der Waals surface area (Å²) in [5.41, 5.74) is 2.84. The number of aromatic nitrogens is 1. The lowest BCUT2D eigenvalue weighted by Crippen LogP contribution is -1.94. The maximum Gasteiger partial charge on any atom is 0.294 e. The van der Waals surface area contributed by atoms with Crippen molar-refractivity contribution in [3.63, 3.8) is 0 Å². The number of halogens is 1. The summed E-state index contributed by atoms with van der Waals surface area (Å²) in [5, 5.41) is 11.8. The van der Waals surface area contributed by atoms with Crippen molar-refractivity contribution in [2.75, 3.05) is 5.33 Å². The van der Waals surface area contributed by atoms with Crippen LogP contribution in [-0.2, 0) is 6.54 Å². The normalized spacial score (nSPS) is 10.6. The van der Waals surface area contributed by atoms with E-state index in [0.717, 1.165) is 16.5 Å². The van der Waals surface area contributed by atoms with Gasteiger partial charge in [0.2, 0.25) is 0 Å². The molecule has 0 radical (unpaired) electrons. The highest BCUT2D eigenvalue weighted by molar-refractivity contribution is 9.09. The zero-order chi connectivity index (χ0) is 13.1. The van der Waals surface area contributed by atoms with Gasteiger partial charge in [0, 0.05) is 18.1 Å². The van der Waals surface area contributed by atoms with Gasteiger partial charge in [-0.2, -0.15) is 0 Å². The third-order valence-corrected chi connectivity index (χ3v) is 3.12. The predicted octanol–water partition coefficient (Wildman–Crippen LogP) is 3.77. The molecule has 2 aromatic rings. The molecule has 0 aliphatic rings. The Balaban J connectivity index is 2.47. The number of alkyl halides is 1. The highest BCUT2D eigenvalue weighted by atomic mass is 79.9. The summed E-state index contributed by atoms with van der Waals surface area (Å²) in [7, 11) is 0. The first-order valence-electron chi connectivity index (χ1n) is 5.59. The Hall–Kier alpha value is -1.62. The topological polar surface area (TPSA) is 48.1 Å². The first-order valence-corrected chi connectivity index (χ1v) is 6.71. The van der Waals surface area contributed by atoms with Crippen LogP contribution < -0.4 is 0 Å². The predicted molar refractivity (Wildman–Crippen MR) is 75.1 cm³/mol. The first kappa shape index (κ1) is 12.8. The maximum atomic E-state index is 11.1. The van der Waals surface area contributed by atoms with Crippen molar-refractivity contribution >= 4 is 21.6 Å². The molecular formula is C13H13BrN2O2. The van der Waals surface area contributed by atoms with E-state index >= 15 is 0 Å². The number of aryl methyl sites for hydroxylation is 2. The molecule has 0 fully saturated rings. The fraction of sp³-hybridized carbons (Fsp3) is 0.231. The fourth-order valence-electron chi connectivity index (χ4n) is 1.82. The Kier molecular flexibility index (Phi) is 3.81. The Morgan fingerprint density at radius 3 is 2.50 bits per heavy atom. The Bertz CT molecular complexity index is 561. The second-order valence-electron chi connectivity index (χ2n) is 4.11. The molecule has 0 unspecified atom stereocenters. The molecule has 0 atom stereocenters. The molecule has 0 saturated heterocycles. The zero-order valence-corrected chi connectivity index (χ0v) is 11.6. The Labute approximate surface area is 114 Å². The molecule has 2 rings (SSSR count). The van der Waals surface area contributed by atoms with Gasteiger partial charge in [0.25, 0.3) is 5.69 Å². The van der Waals surface area contributed by atoms with Gasteiger partial charge in [-0.3, -0.25) is 10.1 Å². The van der Waals surface area contributed by atoms with Gasteiger partial charge in [-0.1, -0.05) is 45.8 Å². The zero-order valence-electron chi connectivity index (χ0n) is 9.97. The van der Waals surface area contributed by atoms with Crippen LogP contribution >= 0.6 is 15.9 Å². The largest absolute Gasteiger partial charge is 0.347 e. The number of nitrogens with zero attached hydrogens (tertiary/aromatic N) is 2. The Morgan fingerprint density at radius 1 is 1.28 bits per heavy atom. The molecule has 0 bridgehead atoms. The lowest BCUT2D eigenvalue weighted by molar-refractivity contribution is -0.384. The van der Waals surface area contributed by atoms with Crippen molar-refractivity contribution in [3.05, 3.63) is 52.3 Å². The average molecular weight is 309 g/mol. The van der Waals surface area contributed by atoms with E-state index in [4.69, 9.17) is 0 Å². The van der Waals surface area contributed by atoms with Crippen molar-refractivity contribution in [1.82, 2.24) is 4.57 Å². The van der Waals surface area contributed by atoms with E-state index in [-0.39, 0.29) is 10.6 Å². The minimum atomic E-state index is -0.333. The molecule has 0 aliphatic heterocycles. The molecule has 1 heterocycles. The van der Waals surface area contributed by atoms with Crippen LogP contribution in [0.2, 0.25) is 0 Å². The van der Waals surface area contributed by atoms with Gasteiger partial charge in [-0.15, -0.1) is 0 Å². The lowest BCUT2D eigenvalue weighted by Gasteiger charge is -1.99. The molecule has 0 amide bonds. The standard InChI is InChI=1S/C13H13BrN2O2/c1-10-2-4-11(5-3-10)12-8-15(7-6-14)9-13(12)16(17)18/h2-5,8-9H,6-7H2,1H3. The summed E-state index contributed by atoms with van der Waals surface area (Å²) < 4.78 is 1.84. The summed E-state index contributed by atoms with van der Waals surface area (Å²) in [4.78, 5) is 10.7. The van der Waals surface area contributed by atoms with Gasteiger partial charge >= 0.3 is 0 Å². The van der Waals surface area contributed by atoms with Crippen molar-refractivity contribution < 1.29 is 4.92 Å². The molecule has 4 nitrogen and oxygen atoms in total. The van der Waals surface area contributed by atoms with Crippen LogP contribution in [0.3, 0.4) is 0 Å². The molecule has 5 heteroatoms. The minimum Gasteiger partial charge on any atom is -0.347 e. The van der Waals surface area contributed by atoms with Crippen LogP contribution in [-0.4, -0.2) is 14.8 Å². The minimum absolute atomic E-state index is 0.153. The van der Waals surface area contributed by atoms with Crippen LogP contribution in [0.4, 0.5) is 5.69 Å². The van der Waals surface area contributed by atoms with Gasteiger partial charge in [-0.25, -0.2) is 0 Å². The summed E-state index contributed by atoms with van der Waals surface area (Å²) in [6, 6.07) is 7.74. The van der Waals surface area contributed by atoms with Crippen molar-refractivity contribution in [3.8, 4) is 11.1 Å². The molecule has 0 saturated carbocycles. The second kappa shape index (κ2) is 5.35. The summed E-state index contributed by atoms with van der Waals surface area (Å²) >= 11 is 3.33. The van der Waals surface area contributed by atoms with Crippen molar-refractivity contribution in [2.24, 2.45) is 0 Å². The molecule has 0 spiro atoms. The molecule has 1 aromatic carbocycles. The molecular weight excluding hydrogens is 296 g/mol. The van der Waals surface area contributed by atoms with E-state index in [2.05, 4.69) is 15.9 Å². The van der Waals surface area contributed by atoms with Gasteiger partial charge < -0.3 is 4.57 Å². The number of hydrogen-bond donors (Lipinski definition) is 0. The highest BCUT2D eigenvalue weighted by Crippen LogP contribution is 2.31. The fourth-order valence-corrected chi connectivity index (χ4v) is 2.23. The molecule has 1 aromatic heterocycles. The second-order valence-corrected chi connectivity index (χ2v) is 4.90. The van der Waals surface area contributed by atoms with Gasteiger partial charge in [0.1, 0.15) is 0 Å². The summed E-state index contributed by atoms with van der Waals surface area (Å²) in [6.45, 7) is 2.71. The molecule has 0 aliphatic carbocycles.